The van der Waals surface area contributed by atoms with Gasteiger partial charge in [-0.3, -0.25) is 9.67 Å². The summed E-state index contributed by atoms with van der Waals surface area (Å²) in [4.78, 5) is 4.12. The van der Waals surface area contributed by atoms with Crippen LogP contribution in [0.4, 0.5) is 0 Å². The molecule has 5 heteroatoms. The molecular weight excluding hydrogens is 230 g/mol. The normalized spacial score (nSPS) is 12.4. The molecule has 0 aromatic carbocycles. The van der Waals surface area contributed by atoms with Crippen molar-refractivity contribution in [2.45, 2.75) is 32.9 Å². The van der Waals surface area contributed by atoms with Gasteiger partial charge >= 0.3 is 0 Å². The standard InChI is InChI=1S/C13H17N3O2/c1-3-6-16-9-12(8-15-16)18-11-4-5-13(10(2)17)14-7-11/h4-5,7-10,17H,3,6H2,1-2H3/t10-/m0/s1. The highest BCUT2D eigenvalue weighted by Crippen LogP contribution is 2.21. The van der Waals surface area contributed by atoms with Crippen molar-refractivity contribution in [3.8, 4) is 11.5 Å². The molecule has 96 valence electrons. The Hall–Kier alpha value is -1.88. The highest BCUT2D eigenvalue weighted by Gasteiger charge is 2.04. The maximum atomic E-state index is 9.35. The molecule has 0 saturated heterocycles. The van der Waals surface area contributed by atoms with Gasteiger partial charge in [-0.25, -0.2) is 0 Å². The van der Waals surface area contributed by atoms with Crippen molar-refractivity contribution >= 4 is 0 Å². The van der Waals surface area contributed by atoms with Crippen LogP contribution < -0.4 is 4.74 Å². The number of pyridine rings is 1. The molecule has 0 aliphatic rings. The average Bonchev–Trinajstić information content (AvgIpc) is 2.78. The number of hydrogen-bond acceptors (Lipinski definition) is 4. The van der Waals surface area contributed by atoms with Crippen molar-refractivity contribution in [1.82, 2.24) is 14.8 Å². The summed E-state index contributed by atoms with van der Waals surface area (Å²) in [5.41, 5.74) is 0.629. The lowest BCUT2D eigenvalue weighted by Crippen LogP contribution is -1.96. The maximum Gasteiger partial charge on any atom is 0.165 e. The molecule has 0 radical (unpaired) electrons. The molecule has 0 saturated carbocycles. The van der Waals surface area contributed by atoms with Crippen LogP contribution in [0.15, 0.2) is 30.7 Å². The van der Waals surface area contributed by atoms with E-state index < -0.39 is 6.10 Å². The highest BCUT2D eigenvalue weighted by molar-refractivity contribution is 5.26. The minimum Gasteiger partial charge on any atom is -0.452 e. The van der Waals surface area contributed by atoms with Gasteiger partial charge < -0.3 is 9.84 Å². The number of hydrogen-bond donors (Lipinski definition) is 1. The second-order valence-corrected chi connectivity index (χ2v) is 4.14. The predicted molar refractivity (Wildman–Crippen MR) is 67.5 cm³/mol. The summed E-state index contributed by atoms with van der Waals surface area (Å²) in [5, 5.41) is 13.5. The van der Waals surface area contributed by atoms with Gasteiger partial charge in [-0.05, 0) is 25.5 Å². The van der Waals surface area contributed by atoms with E-state index in [9.17, 15) is 5.11 Å². The Morgan fingerprint density at radius 3 is 2.78 bits per heavy atom. The topological polar surface area (TPSA) is 60.2 Å². The van der Waals surface area contributed by atoms with Gasteiger partial charge in [-0.2, -0.15) is 5.10 Å². The van der Waals surface area contributed by atoms with E-state index in [1.165, 1.54) is 0 Å². The van der Waals surface area contributed by atoms with Crippen molar-refractivity contribution in [1.29, 1.82) is 0 Å². The molecule has 5 nitrogen and oxygen atoms in total. The minimum absolute atomic E-state index is 0.564. The Morgan fingerprint density at radius 1 is 1.33 bits per heavy atom. The minimum atomic E-state index is -0.564. The van der Waals surface area contributed by atoms with E-state index in [1.807, 2.05) is 10.9 Å². The Morgan fingerprint density at radius 2 is 2.17 bits per heavy atom. The predicted octanol–water partition coefficient (Wildman–Crippen LogP) is 2.53. The first kappa shape index (κ1) is 12.6. The molecule has 2 rings (SSSR count). The average molecular weight is 247 g/mol. The first-order valence-corrected chi connectivity index (χ1v) is 6.03. The van der Waals surface area contributed by atoms with Crippen LogP contribution in [0.5, 0.6) is 11.5 Å². The molecule has 1 atom stereocenters. The molecule has 0 bridgehead atoms. The smallest absolute Gasteiger partial charge is 0.165 e. The van der Waals surface area contributed by atoms with Gasteiger partial charge in [0.2, 0.25) is 0 Å². The Bertz CT molecular complexity index is 491. The van der Waals surface area contributed by atoms with Crippen LogP contribution in [-0.4, -0.2) is 19.9 Å². The zero-order valence-corrected chi connectivity index (χ0v) is 10.6. The van der Waals surface area contributed by atoms with Gasteiger partial charge in [0, 0.05) is 6.54 Å². The number of aliphatic hydroxyl groups excluding tert-OH is 1. The molecule has 0 aliphatic heterocycles. The van der Waals surface area contributed by atoms with Gasteiger partial charge in [0.15, 0.2) is 5.75 Å². The molecule has 0 unspecified atom stereocenters. The summed E-state index contributed by atoms with van der Waals surface area (Å²) < 4.78 is 7.45. The molecule has 2 heterocycles. The monoisotopic (exact) mass is 247 g/mol. The van der Waals surface area contributed by atoms with E-state index in [1.54, 1.807) is 31.5 Å². The van der Waals surface area contributed by atoms with Crippen LogP contribution in [0.25, 0.3) is 0 Å². The summed E-state index contributed by atoms with van der Waals surface area (Å²) in [5.74, 6) is 1.32. The molecule has 18 heavy (non-hydrogen) atoms. The summed E-state index contributed by atoms with van der Waals surface area (Å²) >= 11 is 0. The van der Waals surface area contributed by atoms with E-state index in [0.29, 0.717) is 17.2 Å². The number of aromatic nitrogens is 3. The van der Waals surface area contributed by atoms with Crippen LogP contribution >= 0.6 is 0 Å². The fraction of sp³-hybridized carbons (Fsp3) is 0.385. The van der Waals surface area contributed by atoms with Crippen molar-refractivity contribution in [3.05, 3.63) is 36.4 Å². The molecule has 0 amide bonds. The van der Waals surface area contributed by atoms with Gasteiger partial charge in [0.1, 0.15) is 5.75 Å². The quantitative estimate of drug-likeness (QED) is 0.882. The summed E-state index contributed by atoms with van der Waals surface area (Å²) in [6.45, 7) is 4.65. The lowest BCUT2D eigenvalue weighted by Gasteiger charge is -2.05. The Labute approximate surface area is 106 Å². The van der Waals surface area contributed by atoms with Crippen LogP contribution in [0.1, 0.15) is 32.1 Å². The van der Waals surface area contributed by atoms with Crippen molar-refractivity contribution in [3.63, 3.8) is 0 Å². The van der Waals surface area contributed by atoms with E-state index >= 15 is 0 Å². The van der Waals surface area contributed by atoms with Crippen molar-refractivity contribution in [2.75, 3.05) is 0 Å². The van der Waals surface area contributed by atoms with Crippen molar-refractivity contribution in [2.24, 2.45) is 0 Å². The Balaban J connectivity index is 2.03. The zero-order chi connectivity index (χ0) is 13.0. The molecule has 2 aromatic rings. The van der Waals surface area contributed by atoms with Crippen LogP contribution in [-0.2, 0) is 6.54 Å². The summed E-state index contributed by atoms with van der Waals surface area (Å²) in [7, 11) is 0. The molecule has 2 aromatic heterocycles. The van der Waals surface area contributed by atoms with E-state index in [0.717, 1.165) is 13.0 Å². The number of rotatable bonds is 5. The van der Waals surface area contributed by atoms with E-state index in [4.69, 9.17) is 4.74 Å². The summed E-state index contributed by atoms with van der Waals surface area (Å²) in [6.07, 6.45) is 5.60. The van der Waals surface area contributed by atoms with E-state index in [-0.39, 0.29) is 0 Å². The third-order valence-corrected chi connectivity index (χ3v) is 2.49. The van der Waals surface area contributed by atoms with Gasteiger partial charge in [0.05, 0.1) is 30.4 Å². The molecule has 0 fully saturated rings. The molecule has 0 spiro atoms. The number of ether oxygens (including phenoxy) is 1. The number of aryl methyl sites for hydroxylation is 1. The Kier molecular flexibility index (Phi) is 3.94. The van der Waals surface area contributed by atoms with Crippen LogP contribution in [0.2, 0.25) is 0 Å². The summed E-state index contributed by atoms with van der Waals surface area (Å²) in [6, 6.07) is 3.53. The number of nitrogens with zero attached hydrogens (tertiary/aromatic N) is 3. The fourth-order valence-electron chi connectivity index (χ4n) is 1.58. The molecular formula is C13H17N3O2. The molecule has 0 aliphatic carbocycles. The van der Waals surface area contributed by atoms with Gasteiger partial charge in [-0.15, -0.1) is 0 Å². The largest absolute Gasteiger partial charge is 0.452 e. The first-order chi connectivity index (χ1) is 8.69. The van der Waals surface area contributed by atoms with Gasteiger partial charge in [-0.1, -0.05) is 6.92 Å². The van der Waals surface area contributed by atoms with Gasteiger partial charge in [0.25, 0.3) is 0 Å². The van der Waals surface area contributed by atoms with Crippen LogP contribution in [0, 0.1) is 0 Å². The zero-order valence-electron chi connectivity index (χ0n) is 10.6. The van der Waals surface area contributed by atoms with Crippen molar-refractivity contribution < 1.29 is 9.84 Å². The third-order valence-electron chi connectivity index (χ3n) is 2.49. The second-order valence-electron chi connectivity index (χ2n) is 4.14. The molecule has 1 N–H and O–H groups in total. The fourth-order valence-corrected chi connectivity index (χ4v) is 1.58. The van der Waals surface area contributed by atoms with Crippen LogP contribution in [0.3, 0.4) is 0 Å². The lowest BCUT2D eigenvalue weighted by atomic mass is 10.2. The highest BCUT2D eigenvalue weighted by atomic mass is 16.5. The SMILES string of the molecule is CCCn1cc(Oc2ccc([C@H](C)O)nc2)cn1. The van der Waals surface area contributed by atoms with E-state index in [2.05, 4.69) is 17.0 Å². The maximum absolute atomic E-state index is 9.35. The second kappa shape index (κ2) is 5.64. The number of aliphatic hydroxyl groups is 1. The lowest BCUT2D eigenvalue weighted by molar-refractivity contribution is 0.194. The first-order valence-electron chi connectivity index (χ1n) is 6.03. The third kappa shape index (κ3) is 3.07.